The van der Waals surface area contributed by atoms with Crippen LogP contribution in [0, 0.1) is 5.41 Å². The van der Waals surface area contributed by atoms with Gasteiger partial charge in [-0.25, -0.2) is 0 Å². The predicted octanol–water partition coefficient (Wildman–Crippen LogP) is 1.93. The Morgan fingerprint density at radius 3 is 2.13 bits per heavy atom. The maximum absolute atomic E-state index is 11.5. The molecule has 0 saturated carbocycles. The summed E-state index contributed by atoms with van der Waals surface area (Å²) in [4.78, 5) is 11.5. The lowest BCUT2D eigenvalue weighted by molar-refractivity contribution is -0.121. The van der Waals surface area contributed by atoms with Crippen LogP contribution in [0.15, 0.2) is 0 Å². The molecule has 90 valence electrons. The fraction of sp³-hybridized carbons (Fsp3) is 0.917. The molecule has 0 unspecified atom stereocenters. The number of carbonyl (C=O) groups is 1. The average molecular weight is 214 g/mol. The van der Waals surface area contributed by atoms with Gasteiger partial charge in [-0.3, -0.25) is 4.79 Å². The summed E-state index contributed by atoms with van der Waals surface area (Å²) in [5.74, 6) is 0.105. The Hall–Kier alpha value is -0.570. The van der Waals surface area contributed by atoms with Crippen LogP contribution in [0.3, 0.4) is 0 Å². The summed E-state index contributed by atoms with van der Waals surface area (Å²) >= 11 is 0. The SMILES string of the molecule is CCC(CC)NC(=O)CNCC(C)(C)C. The van der Waals surface area contributed by atoms with Crippen LogP contribution < -0.4 is 10.6 Å². The molecular weight excluding hydrogens is 188 g/mol. The molecule has 0 aliphatic carbocycles. The minimum absolute atomic E-state index is 0.105. The zero-order chi connectivity index (χ0) is 11.9. The van der Waals surface area contributed by atoms with Crippen LogP contribution in [0.1, 0.15) is 47.5 Å². The number of carbonyl (C=O) groups excluding carboxylic acids is 1. The molecule has 0 aromatic heterocycles. The highest BCUT2D eigenvalue weighted by molar-refractivity contribution is 5.78. The Kier molecular flexibility index (Phi) is 6.57. The molecule has 3 nitrogen and oxygen atoms in total. The molecule has 0 aromatic carbocycles. The smallest absolute Gasteiger partial charge is 0.234 e. The highest BCUT2D eigenvalue weighted by Gasteiger charge is 2.11. The number of rotatable bonds is 6. The van der Waals surface area contributed by atoms with Crippen LogP contribution in [0.5, 0.6) is 0 Å². The zero-order valence-corrected chi connectivity index (χ0v) is 10.8. The van der Waals surface area contributed by atoms with Crippen molar-refractivity contribution in [3.05, 3.63) is 0 Å². The van der Waals surface area contributed by atoms with E-state index in [2.05, 4.69) is 45.3 Å². The van der Waals surface area contributed by atoms with Crippen LogP contribution in [0.25, 0.3) is 0 Å². The lowest BCUT2D eigenvalue weighted by Crippen LogP contribution is -2.41. The van der Waals surface area contributed by atoms with E-state index in [0.717, 1.165) is 19.4 Å². The number of hydrogen-bond acceptors (Lipinski definition) is 2. The molecule has 0 fully saturated rings. The van der Waals surface area contributed by atoms with E-state index < -0.39 is 0 Å². The standard InChI is InChI=1S/C12H26N2O/c1-6-10(7-2)14-11(15)8-13-9-12(3,4)5/h10,13H,6-9H2,1-5H3,(H,14,15). The maximum Gasteiger partial charge on any atom is 0.234 e. The first-order chi connectivity index (χ1) is 6.89. The topological polar surface area (TPSA) is 41.1 Å². The van der Waals surface area contributed by atoms with E-state index in [0.29, 0.717) is 12.6 Å². The molecule has 3 heteroatoms. The summed E-state index contributed by atoms with van der Waals surface area (Å²) in [6.07, 6.45) is 2.00. The van der Waals surface area contributed by atoms with Crippen LogP contribution in [0.2, 0.25) is 0 Å². The Bertz CT molecular complexity index is 181. The van der Waals surface area contributed by atoms with Gasteiger partial charge in [-0.05, 0) is 18.3 Å². The van der Waals surface area contributed by atoms with Crippen molar-refractivity contribution < 1.29 is 4.79 Å². The first-order valence-corrected chi connectivity index (χ1v) is 5.89. The Morgan fingerprint density at radius 1 is 1.20 bits per heavy atom. The van der Waals surface area contributed by atoms with E-state index in [1.165, 1.54) is 0 Å². The normalized spacial score (nSPS) is 11.9. The van der Waals surface area contributed by atoms with Crippen molar-refractivity contribution in [1.82, 2.24) is 10.6 Å². The first kappa shape index (κ1) is 14.4. The van der Waals surface area contributed by atoms with Crippen molar-refractivity contribution in [3.63, 3.8) is 0 Å². The molecule has 0 atom stereocenters. The van der Waals surface area contributed by atoms with E-state index >= 15 is 0 Å². The van der Waals surface area contributed by atoms with Crippen molar-refractivity contribution in [2.45, 2.75) is 53.5 Å². The molecule has 0 rings (SSSR count). The third-order valence-electron chi connectivity index (χ3n) is 2.29. The molecule has 0 aliphatic heterocycles. The van der Waals surface area contributed by atoms with Crippen molar-refractivity contribution >= 4 is 5.91 Å². The van der Waals surface area contributed by atoms with Gasteiger partial charge in [0.2, 0.25) is 5.91 Å². The summed E-state index contributed by atoms with van der Waals surface area (Å²) < 4.78 is 0. The van der Waals surface area contributed by atoms with Crippen LogP contribution in [0.4, 0.5) is 0 Å². The summed E-state index contributed by atoms with van der Waals surface area (Å²) in [5, 5.41) is 6.17. The summed E-state index contributed by atoms with van der Waals surface area (Å²) in [6.45, 7) is 11.9. The summed E-state index contributed by atoms with van der Waals surface area (Å²) in [7, 11) is 0. The van der Waals surface area contributed by atoms with Crippen molar-refractivity contribution in [2.75, 3.05) is 13.1 Å². The van der Waals surface area contributed by atoms with Crippen molar-refractivity contribution in [2.24, 2.45) is 5.41 Å². The highest BCUT2D eigenvalue weighted by atomic mass is 16.1. The molecule has 0 spiro atoms. The molecular formula is C12H26N2O. The largest absolute Gasteiger partial charge is 0.352 e. The molecule has 0 aromatic rings. The third-order valence-corrected chi connectivity index (χ3v) is 2.29. The van der Waals surface area contributed by atoms with Crippen LogP contribution in [-0.4, -0.2) is 25.0 Å². The predicted molar refractivity (Wildman–Crippen MR) is 64.8 cm³/mol. The van der Waals surface area contributed by atoms with Crippen LogP contribution >= 0.6 is 0 Å². The summed E-state index contributed by atoms with van der Waals surface area (Å²) in [5.41, 5.74) is 0.231. The average Bonchev–Trinajstić information content (AvgIpc) is 2.12. The second-order valence-electron chi connectivity index (χ2n) is 5.25. The monoisotopic (exact) mass is 214 g/mol. The molecule has 0 bridgehead atoms. The molecule has 0 aliphatic rings. The van der Waals surface area contributed by atoms with E-state index in [9.17, 15) is 4.79 Å². The molecule has 2 N–H and O–H groups in total. The third kappa shape index (κ3) is 8.43. The highest BCUT2D eigenvalue weighted by Crippen LogP contribution is 2.09. The van der Waals surface area contributed by atoms with Gasteiger partial charge in [0.1, 0.15) is 0 Å². The molecule has 0 heterocycles. The Labute approximate surface area is 94.0 Å². The number of nitrogens with one attached hydrogen (secondary N) is 2. The minimum atomic E-state index is 0.105. The van der Waals surface area contributed by atoms with Crippen molar-refractivity contribution in [1.29, 1.82) is 0 Å². The number of hydrogen-bond donors (Lipinski definition) is 2. The van der Waals surface area contributed by atoms with Gasteiger partial charge in [-0.15, -0.1) is 0 Å². The van der Waals surface area contributed by atoms with E-state index in [1.807, 2.05) is 0 Å². The van der Waals surface area contributed by atoms with E-state index in [1.54, 1.807) is 0 Å². The molecule has 0 saturated heterocycles. The van der Waals surface area contributed by atoms with Gasteiger partial charge in [0.15, 0.2) is 0 Å². The van der Waals surface area contributed by atoms with Crippen molar-refractivity contribution in [3.8, 4) is 0 Å². The van der Waals surface area contributed by atoms with E-state index in [-0.39, 0.29) is 11.3 Å². The fourth-order valence-electron chi connectivity index (χ4n) is 1.32. The molecule has 1 amide bonds. The quantitative estimate of drug-likeness (QED) is 0.709. The Morgan fingerprint density at radius 2 is 1.73 bits per heavy atom. The van der Waals surface area contributed by atoms with Gasteiger partial charge in [0.05, 0.1) is 6.54 Å². The Balaban J connectivity index is 3.66. The maximum atomic E-state index is 11.5. The second kappa shape index (κ2) is 6.83. The first-order valence-electron chi connectivity index (χ1n) is 5.89. The van der Waals surface area contributed by atoms with Crippen LogP contribution in [-0.2, 0) is 4.79 Å². The lowest BCUT2D eigenvalue weighted by atomic mass is 9.97. The second-order valence-corrected chi connectivity index (χ2v) is 5.25. The minimum Gasteiger partial charge on any atom is -0.352 e. The molecule has 0 radical (unpaired) electrons. The van der Waals surface area contributed by atoms with Gasteiger partial charge in [-0.1, -0.05) is 34.6 Å². The van der Waals surface area contributed by atoms with E-state index in [4.69, 9.17) is 0 Å². The number of amides is 1. The summed E-state index contributed by atoms with van der Waals surface area (Å²) in [6, 6.07) is 0.328. The van der Waals surface area contributed by atoms with Gasteiger partial charge in [-0.2, -0.15) is 0 Å². The lowest BCUT2D eigenvalue weighted by Gasteiger charge is -2.19. The zero-order valence-electron chi connectivity index (χ0n) is 10.8. The van der Waals surface area contributed by atoms with Gasteiger partial charge < -0.3 is 10.6 Å². The van der Waals surface area contributed by atoms with Gasteiger partial charge >= 0.3 is 0 Å². The van der Waals surface area contributed by atoms with Gasteiger partial charge in [0.25, 0.3) is 0 Å². The fourth-order valence-corrected chi connectivity index (χ4v) is 1.32. The van der Waals surface area contributed by atoms with Gasteiger partial charge in [0, 0.05) is 12.6 Å². The molecule has 15 heavy (non-hydrogen) atoms.